The number of hydrogen-bond donors (Lipinski definition) is 0. The molecule has 0 unspecified atom stereocenters. The molecule has 0 spiro atoms. The number of rotatable bonds is 2. The van der Waals surface area contributed by atoms with Gasteiger partial charge in [-0.2, -0.15) is 13.2 Å². The Balaban J connectivity index is 2.71. The minimum absolute atomic E-state index is 0.0302. The molecule has 0 N–H and O–H groups in total. The van der Waals surface area contributed by atoms with Crippen molar-refractivity contribution in [1.82, 2.24) is 0 Å². The minimum atomic E-state index is -4.58. The van der Waals surface area contributed by atoms with Gasteiger partial charge in [-0.05, 0) is 46.9 Å². The van der Waals surface area contributed by atoms with E-state index in [1.54, 1.807) is 13.8 Å². The predicted molar refractivity (Wildman–Crippen MR) is 70.8 cm³/mol. The van der Waals surface area contributed by atoms with E-state index in [-0.39, 0.29) is 17.0 Å². The first-order valence-corrected chi connectivity index (χ1v) is 6.47. The van der Waals surface area contributed by atoms with Gasteiger partial charge in [-0.1, -0.05) is 19.9 Å². The van der Waals surface area contributed by atoms with Crippen molar-refractivity contribution in [1.29, 1.82) is 0 Å². The van der Waals surface area contributed by atoms with Crippen LogP contribution in [0, 0.1) is 17.5 Å². The van der Waals surface area contributed by atoms with E-state index in [0.717, 1.165) is 12.1 Å². The van der Waals surface area contributed by atoms with Crippen LogP contribution in [0.15, 0.2) is 30.3 Å². The molecule has 2 aromatic carbocycles. The van der Waals surface area contributed by atoms with E-state index in [2.05, 4.69) is 0 Å². The van der Waals surface area contributed by atoms with Crippen molar-refractivity contribution in [3.05, 3.63) is 58.9 Å². The average molecular weight is 318 g/mol. The summed E-state index contributed by atoms with van der Waals surface area (Å²) >= 11 is 0. The van der Waals surface area contributed by atoms with E-state index < -0.39 is 29.2 Å². The molecule has 0 aliphatic heterocycles. The molecule has 0 fully saturated rings. The van der Waals surface area contributed by atoms with Crippen LogP contribution in [0.3, 0.4) is 0 Å². The molecule has 0 nitrogen and oxygen atoms in total. The fraction of sp³-hybridized carbons (Fsp3) is 0.250. The largest absolute Gasteiger partial charge is 0.416 e. The molecule has 0 amide bonds. The summed E-state index contributed by atoms with van der Waals surface area (Å²) in [7, 11) is 0. The molecule has 2 rings (SSSR count). The van der Waals surface area contributed by atoms with Crippen LogP contribution in [0.1, 0.15) is 30.9 Å². The van der Waals surface area contributed by atoms with Gasteiger partial charge in [0.05, 0.1) is 5.56 Å². The molecule has 0 aliphatic rings. The Bertz CT molecular complexity index is 677. The Hall–Kier alpha value is -1.98. The second-order valence-corrected chi connectivity index (χ2v) is 5.21. The summed E-state index contributed by atoms with van der Waals surface area (Å²) in [5.41, 5.74) is -0.552. The Labute approximate surface area is 123 Å². The Morgan fingerprint density at radius 2 is 1.41 bits per heavy atom. The van der Waals surface area contributed by atoms with Gasteiger partial charge in [0.1, 0.15) is 0 Å². The van der Waals surface area contributed by atoms with Crippen molar-refractivity contribution in [2.75, 3.05) is 0 Å². The number of halogens is 6. The topological polar surface area (TPSA) is 0 Å². The van der Waals surface area contributed by atoms with E-state index >= 15 is 0 Å². The van der Waals surface area contributed by atoms with Gasteiger partial charge in [-0.3, -0.25) is 0 Å². The monoisotopic (exact) mass is 318 g/mol. The van der Waals surface area contributed by atoms with Gasteiger partial charge in [0, 0.05) is 0 Å². The van der Waals surface area contributed by atoms with Crippen molar-refractivity contribution in [2.24, 2.45) is 0 Å². The van der Waals surface area contributed by atoms with Gasteiger partial charge in [-0.15, -0.1) is 0 Å². The highest BCUT2D eigenvalue weighted by atomic mass is 19.4. The van der Waals surface area contributed by atoms with E-state index in [1.165, 1.54) is 6.07 Å². The molecule has 0 radical (unpaired) electrons. The molecule has 6 heteroatoms. The van der Waals surface area contributed by atoms with Crippen molar-refractivity contribution < 1.29 is 26.3 Å². The zero-order valence-corrected chi connectivity index (χ0v) is 11.7. The van der Waals surface area contributed by atoms with Crippen LogP contribution in [0.25, 0.3) is 11.1 Å². The second kappa shape index (κ2) is 5.66. The van der Waals surface area contributed by atoms with Crippen LogP contribution < -0.4 is 0 Å². The van der Waals surface area contributed by atoms with Crippen molar-refractivity contribution in [3.8, 4) is 11.1 Å². The highest BCUT2D eigenvalue weighted by Crippen LogP contribution is 2.37. The fourth-order valence-electron chi connectivity index (χ4n) is 2.20. The molecule has 0 heterocycles. The van der Waals surface area contributed by atoms with Crippen LogP contribution >= 0.6 is 0 Å². The van der Waals surface area contributed by atoms with Gasteiger partial charge in [0.25, 0.3) is 0 Å². The Kier molecular flexibility index (Phi) is 4.22. The van der Waals surface area contributed by atoms with Crippen LogP contribution in [0.2, 0.25) is 0 Å². The summed E-state index contributed by atoms with van der Waals surface area (Å²) in [5, 5.41) is 0. The molecule has 22 heavy (non-hydrogen) atoms. The second-order valence-electron chi connectivity index (χ2n) is 5.21. The first-order valence-electron chi connectivity index (χ1n) is 6.47. The highest BCUT2D eigenvalue weighted by molar-refractivity contribution is 5.69. The number of alkyl halides is 3. The van der Waals surface area contributed by atoms with Gasteiger partial charge >= 0.3 is 6.18 Å². The summed E-state index contributed by atoms with van der Waals surface area (Å²) in [6.45, 7) is 3.48. The Morgan fingerprint density at radius 3 is 1.86 bits per heavy atom. The standard InChI is InChI=1S/C16H12F6/c1-8(2)11-4-3-10(16(20,21)22)7-12(11)9-5-13(17)15(19)14(18)6-9/h3-8H,1-2H3. The van der Waals surface area contributed by atoms with Crippen LogP contribution in [0.5, 0.6) is 0 Å². The molecule has 0 saturated carbocycles. The van der Waals surface area contributed by atoms with E-state index in [9.17, 15) is 26.3 Å². The summed E-state index contributed by atoms with van der Waals surface area (Å²) < 4.78 is 78.2. The minimum Gasteiger partial charge on any atom is -0.204 e. The fourth-order valence-corrected chi connectivity index (χ4v) is 2.20. The molecule has 118 valence electrons. The third-order valence-electron chi connectivity index (χ3n) is 3.30. The molecule has 0 aromatic heterocycles. The molecule has 0 bridgehead atoms. The summed E-state index contributed by atoms with van der Waals surface area (Å²) in [5.74, 6) is -4.71. The number of hydrogen-bond acceptors (Lipinski definition) is 0. The van der Waals surface area contributed by atoms with Gasteiger partial charge in [-0.25, -0.2) is 13.2 Å². The third kappa shape index (κ3) is 3.10. The molecular formula is C16H12F6. The van der Waals surface area contributed by atoms with Crippen LogP contribution in [-0.2, 0) is 6.18 Å². The summed E-state index contributed by atoms with van der Waals surface area (Å²) in [4.78, 5) is 0. The predicted octanol–water partition coefficient (Wildman–Crippen LogP) is 5.91. The summed E-state index contributed by atoms with van der Waals surface area (Å²) in [6.07, 6.45) is -4.58. The molecule has 0 saturated heterocycles. The zero-order valence-electron chi connectivity index (χ0n) is 11.7. The van der Waals surface area contributed by atoms with E-state index in [1.807, 2.05) is 0 Å². The first kappa shape index (κ1) is 16.4. The molecule has 2 aromatic rings. The quantitative estimate of drug-likeness (QED) is 0.477. The Morgan fingerprint density at radius 1 is 0.864 bits per heavy atom. The molecule has 0 atom stereocenters. The maximum absolute atomic E-state index is 13.4. The molecular weight excluding hydrogens is 306 g/mol. The van der Waals surface area contributed by atoms with Crippen LogP contribution in [-0.4, -0.2) is 0 Å². The average Bonchev–Trinajstić information content (AvgIpc) is 2.42. The van der Waals surface area contributed by atoms with Crippen molar-refractivity contribution in [2.45, 2.75) is 25.9 Å². The van der Waals surface area contributed by atoms with Gasteiger partial charge in [0.15, 0.2) is 17.5 Å². The lowest BCUT2D eigenvalue weighted by Gasteiger charge is -2.16. The summed E-state index contributed by atoms with van der Waals surface area (Å²) in [6, 6.07) is 4.39. The lowest BCUT2D eigenvalue weighted by atomic mass is 9.90. The van der Waals surface area contributed by atoms with E-state index in [0.29, 0.717) is 17.7 Å². The SMILES string of the molecule is CC(C)c1ccc(C(F)(F)F)cc1-c1cc(F)c(F)c(F)c1. The third-order valence-corrected chi connectivity index (χ3v) is 3.30. The smallest absolute Gasteiger partial charge is 0.204 e. The lowest BCUT2D eigenvalue weighted by molar-refractivity contribution is -0.137. The number of benzene rings is 2. The van der Waals surface area contributed by atoms with Crippen LogP contribution in [0.4, 0.5) is 26.3 Å². The first-order chi connectivity index (χ1) is 10.1. The highest BCUT2D eigenvalue weighted by Gasteiger charge is 2.31. The maximum atomic E-state index is 13.4. The maximum Gasteiger partial charge on any atom is 0.416 e. The molecule has 0 aliphatic carbocycles. The lowest BCUT2D eigenvalue weighted by Crippen LogP contribution is -2.06. The normalized spacial score (nSPS) is 12.0. The van der Waals surface area contributed by atoms with Gasteiger partial charge in [0.2, 0.25) is 0 Å². The van der Waals surface area contributed by atoms with Gasteiger partial charge < -0.3 is 0 Å². The van der Waals surface area contributed by atoms with E-state index in [4.69, 9.17) is 0 Å². The van der Waals surface area contributed by atoms with Crippen molar-refractivity contribution >= 4 is 0 Å². The van der Waals surface area contributed by atoms with Crippen molar-refractivity contribution in [3.63, 3.8) is 0 Å². The zero-order chi connectivity index (χ0) is 16.7.